The molecule has 8 nitrogen and oxygen atoms in total. The summed E-state index contributed by atoms with van der Waals surface area (Å²) < 4.78 is 28.7. The molecule has 34 heavy (non-hydrogen) atoms. The van der Waals surface area contributed by atoms with Crippen molar-refractivity contribution in [1.29, 1.82) is 0 Å². The highest BCUT2D eigenvalue weighted by atomic mass is 32.1. The predicted octanol–water partition coefficient (Wildman–Crippen LogP) is 3.28. The zero-order valence-electron chi connectivity index (χ0n) is 18.0. The second kappa shape index (κ2) is 7.26. The number of rotatable bonds is 6. The van der Waals surface area contributed by atoms with Crippen LogP contribution in [0.15, 0.2) is 23.7 Å². The average molecular weight is 484 g/mol. The largest absolute Gasteiger partial charge is 0.337 e. The van der Waals surface area contributed by atoms with E-state index in [1.165, 1.54) is 17.4 Å². The Morgan fingerprint density at radius 3 is 2.68 bits per heavy atom. The third-order valence-electron chi connectivity index (χ3n) is 6.92. The van der Waals surface area contributed by atoms with Crippen LogP contribution in [0.4, 0.5) is 14.5 Å². The van der Waals surface area contributed by atoms with Crippen molar-refractivity contribution >= 4 is 34.6 Å². The fourth-order valence-electron chi connectivity index (χ4n) is 4.98. The van der Waals surface area contributed by atoms with Gasteiger partial charge in [0, 0.05) is 23.5 Å². The number of Topliss-reactive ketones (excluding diaryl/α,β-unsaturated/α-hetero) is 1. The quantitative estimate of drug-likeness (QED) is 0.414. The van der Waals surface area contributed by atoms with E-state index < -0.39 is 34.8 Å². The van der Waals surface area contributed by atoms with Crippen LogP contribution in [0.3, 0.4) is 0 Å². The third-order valence-corrected chi connectivity index (χ3v) is 7.82. The van der Waals surface area contributed by atoms with Gasteiger partial charge in [-0.05, 0) is 56.2 Å². The number of fused-ring (bicyclic) bond motifs is 3. The van der Waals surface area contributed by atoms with E-state index in [2.05, 4.69) is 20.8 Å². The van der Waals surface area contributed by atoms with Crippen LogP contribution in [-0.2, 0) is 16.8 Å². The second-order valence-corrected chi connectivity index (χ2v) is 9.96. The lowest BCUT2D eigenvalue weighted by Gasteiger charge is -2.14. The molecular formula is C23H19F2N5O3S. The molecule has 2 aliphatic carbocycles. The van der Waals surface area contributed by atoms with Gasteiger partial charge in [-0.25, -0.2) is 8.78 Å². The minimum atomic E-state index is -1.07. The summed E-state index contributed by atoms with van der Waals surface area (Å²) in [5.41, 5.74) is 2.62. The van der Waals surface area contributed by atoms with E-state index in [0.717, 1.165) is 18.6 Å². The van der Waals surface area contributed by atoms with E-state index in [4.69, 9.17) is 0 Å². The SMILES string of the molecule is Cc1c(C(=O)C(=O)NC2(c3nncs3)CC2)c2n(c1C(=O)Nc1ccc(F)c(F)c1)[C@@H]1C[C@@H]1C2. The van der Waals surface area contributed by atoms with E-state index in [0.29, 0.717) is 41.4 Å². The highest BCUT2D eigenvalue weighted by molar-refractivity contribution is 7.09. The molecule has 2 saturated carbocycles. The number of amides is 2. The maximum Gasteiger partial charge on any atom is 0.293 e. The predicted molar refractivity (Wildman–Crippen MR) is 118 cm³/mol. The number of hydrogen-bond donors (Lipinski definition) is 2. The Bertz CT molecular complexity index is 1380. The first-order valence-electron chi connectivity index (χ1n) is 10.9. The van der Waals surface area contributed by atoms with Gasteiger partial charge in [0.25, 0.3) is 17.6 Å². The smallest absolute Gasteiger partial charge is 0.293 e. The number of ketones is 1. The zero-order chi connectivity index (χ0) is 23.8. The average Bonchev–Trinajstić information content (AvgIpc) is 3.59. The zero-order valence-corrected chi connectivity index (χ0v) is 18.8. The maximum absolute atomic E-state index is 13.6. The highest BCUT2D eigenvalue weighted by Crippen LogP contribution is 2.54. The van der Waals surface area contributed by atoms with Gasteiger partial charge < -0.3 is 15.2 Å². The van der Waals surface area contributed by atoms with Gasteiger partial charge >= 0.3 is 0 Å². The highest BCUT2D eigenvalue weighted by Gasteiger charge is 2.52. The van der Waals surface area contributed by atoms with Crippen molar-refractivity contribution in [2.45, 2.75) is 44.2 Å². The van der Waals surface area contributed by atoms with Gasteiger partial charge in [-0.3, -0.25) is 14.4 Å². The summed E-state index contributed by atoms with van der Waals surface area (Å²) in [6.45, 7) is 1.64. The summed E-state index contributed by atoms with van der Waals surface area (Å²) in [6, 6.07) is 3.20. The summed E-state index contributed by atoms with van der Waals surface area (Å²) in [5.74, 6) is -3.73. The molecule has 1 aromatic carbocycles. The lowest BCUT2D eigenvalue weighted by molar-refractivity contribution is -0.118. The second-order valence-electron chi connectivity index (χ2n) is 9.12. The van der Waals surface area contributed by atoms with Crippen molar-refractivity contribution in [3.8, 4) is 0 Å². The van der Waals surface area contributed by atoms with Crippen LogP contribution in [0.1, 0.15) is 62.4 Å². The molecule has 2 N–H and O–H groups in total. The van der Waals surface area contributed by atoms with Crippen molar-refractivity contribution < 1.29 is 23.2 Å². The van der Waals surface area contributed by atoms with E-state index >= 15 is 0 Å². The Morgan fingerprint density at radius 2 is 2.00 bits per heavy atom. The van der Waals surface area contributed by atoms with Crippen LogP contribution < -0.4 is 10.6 Å². The molecule has 0 unspecified atom stereocenters. The molecule has 2 aromatic heterocycles. The molecule has 3 aromatic rings. The Hall–Kier alpha value is -3.47. The molecule has 3 aliphatic rings. The number of carbonyl (C=O) groups excluding carboxylic acids is 3. The van der Waals surface area contributed by atoms with Crippen LogP contribution >= 0.6 is 11.3 Å². The molecule has 0 radical (unpaired) electrons. The van der Waals surface area contributed by atoms with Gasteiger partial charge in [-0.15, -0.1) is 21.5 Å². The van der Waals surface area contributed by atoms with Gasteiger partial charge in [-0.2, -0.15) is 0 Å². The summed E-state index contributed by atoms with van der Waals surface area (Å²) >= 11 is 1.33. The van der Waals surface area contributed by atoms with Gasteiger partial charge in [0.15, 0.2) is 11.6 Å². The summed E-state index contributed by atoms with van der Waals surface area (Å²) in [7, 11) is 0. The van der Waals surface area contributed by atoms with Gasteiger partial charge in [0.05, 0.1) is 11.1 Å². The minimum absolute atomic E-state index is 0.0974. The molecule has 174 valence electrons. The van der Waals surface area contributed by atoms with E-state index in [1.54, 1.807) is 12.4 Å². The fourth-order valence-corrected chi connectivity index (χ4v) is 5.75. The summed E-state index contributed by atoms with van der Waals surface area (Å²) in [5, 5.41) is 14.0. The Balaban J connectivity index is 1.31. The fraction of sp³-hybridized carbons (Fsp3) is 0.348. The van der Waals surface area contributed by atoms with E-state index in [9.17, 15) is 23.2 Å². The first-order valence-corrected chi connectivity index (χ1v) is 11.8. The van der Waals surface area contributed by atoms with Crippen molar-refractivity contribution in [3.63, 3.8) is 0 Å². The number of anilines is 1. The standard InChI is InChI=1S/C23H19F2N5O3S/c1-10-17(19(31)21(33)28-23(4-5-23)22-29-26-9-34-22)16-7-11-6-15(11)30(16)18(10)20(32)27-12-2-3-13(24)14(25)8-12/h2-3,8-9,11,15H,4-7H2,1H3,(H,27,32)(H,28,33)/t11-,15-/m1/s1. The van der Waals surface area contributed by atoms with Gasteiger partial charge in [0.1, 0.15) is 16.2 Å². The lowest BCUT2D eigenvalue weighted by Crippen LogP contribution is -2.39. The normalized spacial score (nSPS) is 20.9. The molecule has 2 amide bonds. The number of aromatic nitrogens is 3. The Labute approximate surface area is 196 Å². The minimum Gasteiger partial charge on any atom is -0.337 e. The first kappa shape index (κ1) is 21.1. The number of benzene rings is 1. The van der Waals surface area contributed by atoms with Crippen LogP contribution in [-0.4, -0.2) is 32.4 Å². The summed E-state index contributed by atoms with van der Waals surface area (Å²) in [6.07, 6.45) is 2.87. The number of halogens is 2. The molecule has 0 saturated heterocycles. The maximum atomic E-state index is 13.6. The molecular weight excluding hydrogens is 464 g/mol. The molecule has 1 aliphatic heterocycles. The summed E-state index contributed by atoms with van der Waals surface area (Å²) in [4.78, 5) is 39.5. The number of carbonyl (C=O) groups is 3. The number of hydrogen-bond acceptors (Lipinski definition) is 6. The topological polar surface area (TPSA) is 106 Å². The van der Waals surface area contributed by atoms with Crippen LogP contribution in [0.25, 0.3) is 0 Å². The molecule has 0 spiro atoms. The van der Waals surface area contributed by atoms with Crippen LogP contribution in [0.5, 0.6) is 0 Å². The van der Waals surface area contributed by atoms with Gasteiger partial charge in [-0.1, -0.05) is 0 Å². The van der Waals surface area contributed by atoms with E-state index in [1.807, 2.05) is 4.57 Å². The third kappa shape index (κ3) is 3.17. The number of nitrogens with one attached hydrogen (secondary N) is 2. The van der Waals surface area contributed by atoms with Crippen molar-refractivity contribution in [2.24, 2.45) is 5.92 Å². The molecule has 2 atom stereocenters. The first-order chi connectivity index (χ1) is 16.3. The molecule has 3 heterocycles. The Kier molecular flexibility index (Phi) is 4.50. The van der Waals surface area contributed by atoms with Crippen LogP contribution in [0.2, 0.25) is 0 Å². The molecule has 2 fully saturated rings. The molecule has 6 rings (SSSR count). The van der Waals surface area contributed by atoms with Crippen molar-refractivity contribution in [1.82, 2.24) is 20.1 Å². The van der Waals surface area contributed by atoms with Crippen molar-refractivity contribution in [3.05, 3.63) is 62.9 Å². The Morgan fingerprint density at radius 1 is 1.21 bits per heavy atom. The van der Waals surface area contributed by atoms with Crippen molar-refractivity contribution in [2.75, 3.05) is 5.32 Å². The lowest BCUT2D eigenvalue weighted by atomic mass is 10.0. The monoisotopic (exact) mass is 483 g/mol. The van der Waals surface area contributed by atoms with Gasteiger partial charge in [0.2, 0.25) is 0 Å². The number of nitrogens with zero attached hydrogens (tertiary/aromatic N) is 3. The molecule has 0 bridgehead atoms. The molecule has 11 heteroatoms. The van der Waals surface area contributed by atoms with Crippen LogP contribution in [0, 0.1) is 24.5 Å². The van der Waals surface area contributed by atoms with E-state index in [-0.39, 0.29) is 23.0 Å².